The smallest absolute Gasteiger partial charge is 0.313 e. The third-order valence-electron chi connectivity index (χ3n) is 3.72. The fourth-order valence-electron chi connectivity index (χ4n) is 2.29. The van der Waals surface area contributed by atoms with Gasteiger partial charge in [-0.25, -0.2) is 0 Å². The van der Waals surface area contributed by atoms with Crippen LogP contribution in [0.15, 0.2) is 18.2 Å². The minimum absolute atomic E-state index is 0.779. The van der Waals surface area contributed by atoms with Gasteiger partial charge in [0, 0.05) is 18.8 Å². The maximum Gasteiger partial charge on any atom is 0.313 e. The van der Waals surface area contributed by atoms with Gasteiger partial charge in [0.25, 0.3) is 0 Å². The predicted molar refractivity (Wildman–Crippen MR) is 68.7 cm³/mol. The second kappa shape index (κ2) is 4.06. The first kappa shape index (κ1) is 12.0. The Labute approximate surface area is 102 Å². The van der Waals surface area contributed by atoms with Crippen molar-refractivity contribution in [2.24, 2.45) is 0 Å². The summed E-state index contributed by atoms with van der Waals surface area (Å²) in [6, 6.07) is 6.07. The summed E-state index contributed by atoms with van der Waals surface area (Å²) in [7, 11) is 0. The summed E-state index contributed by atoms with van der Waals surface area (Å²) in [4.78, 5) is 13.6. The lowest BCUT2D eigenvalue weighted by atomic mass is 9.84. The van der Waals surface area contributed by atoms with Gasteiger partial charge >= 0.3 is 5.97 Å². The van der Waals surface area contributed by atoms with Crippen LogP contribution in [0.2, 0.25) is 0 Å². The van der Waals surface area contributed by atoms with Crippen LogP contribution in [-0.2, 0) is 16.6 Å². The number of aliphatic carboxylic acids is 1. The van der Waals surface area contributed by atoms with Crippen LogP contribution < -0.4 is 4.90 Å². The monoisotopic (exact) mass is 233 g/mol. The number of hydrogen-bond donors (Lipinski definition) is 1. The number of hydrogen-bond acceptors (Lipinski definition) is 2. The highest BCUT2D eigenvalue weighted by Gasteiger charge is 2.31. The van der Waals surface area contributed by atoms with Gasteiger partial charge < -0.3 is 10.0 Å². The van der Waals surface area contributed by atoms with Crippen molar-refractivity contribution in [1.29, 1.82) is 0 Å². The Hall–Kier alpha value is -1.51. The molecule has 1 aliphatic rings. The molecule has 0 aromatic heterocycles. The number of rotatable bonds is 3. The Morgan fingerprint density at radius 1 is 1.47 bits per heavy atom. The first-order valence-electron chi connectivity index (χ1n) is 6.08. The largest absolute Gasteiger partial charge is 0.481 e. The molecule has 0 aliphatic carbocycles. The molecule has 0 spiro atoms. The number of carboxylic acid groups (broad SMARTS) is 1. The standard InChI is InChI=1S/C14H19NO2/c1-4-15-8-7-10-5-6-11(9-12(10)15)14(2,3)13(16)17/h5-6,9H,4,7-8H2,1-3H3,(H,16,17). The van der Waals surface area contributed by atoms with Gasteiger partial charge in [-0.05, 0) is 44.4 Å². The lowest BCUT2D eigenvalue weighted by molar-refractivity contribution is -0.142. The number of carbonyl (C=O) groups is 1. The molecule has 0 radical (unpaired) electrons. The number of nitrogens with zero attached hydrogens (tertiary/aromatic N) is 1. The molecule has 3 heteroatoms. The maximum absolute atomic E-state index is 11.3. The average Bonchev–Trinajstić information content (AvgIpc) is 2.70. The highest BCUT2D eigenvalue weighted by molar-refractivity contribution is 5.81. The maximum atomic E-state index is 11.3. The highest BCUT2D eigenvalue weighted by atomic mass is 16.4. The van der Waals surface area contributed by atoms with E-state index in [9.17, 15) is 9.90 Å². The molecule has 92 valence electrons. The molecule has 1 heterocycles. The van der Waals surface area contributed by atoms with Crippen LogP contribution in [0.3, 0.4) is 0 Å². The predicted octanol–water partition coefficient (Wildman–Crippen LogP) is 2.43. The number of likely N-dealkylation sites (N-methyl/N-ethyl adjacent to an activating group) is 1. The Balaban J connectivity index is 2.43. The molecular formula is C14H19NO2. The van der Waals surface area contributed by atoms with Gasteiger partial charge in [0.1, 0.15) is 0 Å². The van der Waals surface area contributed by atoms with Gasteiger partial charge in [-0.2, -0.15) is 0 Å². The molecule has 1 N–H and O–H groups in total. The van der Waals surface area contributed by atoms with Crippen LogP contribution in [0.25, 0.3) is 0 Å². The summed E-state index contributed by atoms with van der Waals surface area (Å²) in [6.07, 6.45) is 1.07. The minimum Gasteiger partial charge on any atom is -0.481 e. The van der Waals surface area contributed by atoms with Gasteiger partial charge in [0.15, 0.2) is 0 Å². The molecule has 1 aromatic carbocycles. The second-order valence-electron chi connectivity index (χ2n) is 5.10. The lowest BCUT2D eigenvalue weighted by Crippen LogP contribution is -2.29. The fraction of sp³-hybridized carbons (Fsp3) is 0.500. The normalized spacial score (nSPS) is 14.9. The number of benzene rings is 1. The van der Waals surface area contributed by atoms with Crippen molar-refractivity contribution < 1.29 is 9.90 Å². The third-order valence-corrected chi connectivity index (χ3v) is 3.72. The van der Waals surface area contributed by atoms with Crippen LogP contribution in [0.4, 0.5) is 5.69 Å². The topological polar surface area (TPSA) is 40.5 Å². The van der Waals surface area contributed by atoms with E-state index >= 15 is 0 Å². The van der Waals surface area contributed by atoms with E-state index in [0.717, 1.165) is 25.1 Å². The molecule has 0 amide bonds. The van der Waals surface area contributed by atoms with Crippen molar-refractivity contribution in [3.63, 3.8) is 0 Å². The van der Waals surface area contributed by atoms with Crippen LogP contribution in [0.5, 0.6) is 0 Å². The van der Waals surface area contributed by atoms with Crippen molar-refractivity contribution in [3.05, 3.63) is 29.3 Å². The second-order valence-corrected chi connectivity index (χ2v) is 5.10. The molecule has 17 heavy (non-hydrogen) atoms. The Kier molecular flexibility index (Phi) is 2.86. The van der Waals surface area contributed by atoms with Crippen LogP contribution in [0.1, 0.15) is 31.9 Å². The summed E-state index contributed by atoms with van der Waals surface area (Å²) < 4.78 is 0. The molecule has 1 aromatic rings. The average molecular weight is 233 g/mol. The van der Waals surface area contributed by atoms with Gasteiger partial charge in [-0.15, -0.1) is 0 Å². The summed E-state index contributed by atoms with van der Waals surface area (Å²) in [5, 5.41) is 9.25. The van der Waals surface area contributed by atoms with E-state index in [1.165, 1.54) is 11.3 Å². The van der Waals surface area contributed by atoms with Crippen LogP contribution in [0, 0.1) is 0 Å². The summed E-state index contributed by atoms with van der Waals surface area (Å²) in [5.74, 6) is -0.779. The van der Waals surface area contributed by atoms with Gasteiger partial charge in [-0.1, -0.05) is 12.1 Å². The molecule has 0 fully saturated rings. The van der Waals surface area contributed by atoms with E-state index in [4.69, 9.17) is 0 Å². The zero-order valence-corrected chi connectivity index (χ0v) is 10.7. The highest BCUT2D eigenvalue weighted by Crippen LogP contribution is 2.33. The Bertz CT molecular complexity index is 452. The number of carboxylic acids is 1. The van der Waals surface area contributed by atoms with Crippen molar-refractivity contribution in [2.75, 3.05) is 18.0 Å². The lowest BCUT2D eigenvalue weighted by Gasteiger charge is -2.23. The fourth-order valence-corrected chi connectivity index (χ4v) is 2.29. The third kappa shape index (κ3) is 1.90. The van der Waals surface area contributed by atoms with Crippen molar-refractivity contribution in [2.45, 2.75) is 32.6 Å². The van der Waals surface area contributed by atoms with Gasteiger partial charge in [-0.3, -0.25) is 4.79 Å². The zero-order chi connectivity index (χ0) is 12.6. The SMILES string of the molecule is CCN1CCc2ccc(C(C)(C)C(=O)O)cc21. The van der Waals surface area contributed by atoms with Crippen molar-refractivity contribution in [1.82, 2.24) is 0 Å². The van der Waals surface area contributed by atoms with E-state index in [-0.39, 0.29) is 0 Å². The molecule has 1 aliphatic heterocycles. The van der Waals surface area contributed by atoms with E-state index in [0.29, 0.717) is 0 Å². The molecule has 0 atom stereocenters. The number of fused-ring (bicyclic) bond motifs is 1. The minimum atomic E-state index is -0.822. The zero-order valence-electron chi connectivity index (χ0n) is 10.7. The van der Waals surface area contributed by atoms with E-state index in [1.54, 1.807) is 13.8 Å². The molecule has 0 unspecified atom stereocenters. The molecule has 0 saturated heterocycles. The van der Waals surface area contributed by atoms with Crippen molar-refractivity contribution in [3.8, 4) is 0 Å². The summed E-state index contributed by atoms with van der Waals surface area (Å²) in [5.41, 5.74) is 2.59. The molecule has 2 rings (SSSR count). The van der Waals surface area contributed by atoms with Crippen LogP contribution in [-0.4, -0.2) is 24.2 Å². The van der Waals surface area contributed by atoms with Crippen LogP contribution >= 0.6 is 0 Å². The summed E-state index contributed by atoms with van der Waals surface area (Å²) in [6.45, 7) is 7.65. The summed E-state index contributed by atoms with van der Waals surface area (Å²) >= 11 is 0. The quantitative estimate of drug-likeness (QED) is 0.871. The Morgan fingerprint density at radius 2 is 2.18 bits per heavy atom. The van der Waals surface area contributed by atoms with Gasteiger partial charge in [0.05, 0.1) is 5.41 Å². The van der Waals surface area contributed by atoms with E-state index < -0.39 is 11.4 Å². The van der Waals surface area contributed by atoms with Crippen molar-refractivity contribution >= 4 is 11.7 Å². The molecule has 3 nitrogen and oxygen atoms in total. The van der Waals surface area contributed by atoms with E-state index in [1.807, 2.05) is 12.1 Å². The number of anilines is 1. The Morgan fingerprint density at radius 3 is 2.76 bits per heavy atom. The first-order valence-corrected chi connectivity index (χ1v) is 6.08. The van der Waals surface area contributed by atoms with Gasteiger partial charge in [0.2, 0.25) is 0 Å². The first-order chi connectivity index (χ1) is 7.96. The molecule has 0 bridgehead atoms. The molecule has 0 saturated carbocycles. The molecular weight excluding hydrogens is 214 g/mol. The van der Waals surface area contributed by atoms with E-state index in [2.05, 4.69) is 17.9 Å².